The largest absolute Gasteiger partial charge is 0.0628 e. The average Bonchev–Trinajstić information content (AvgIpc) is 2.98. The van der Waals surface area contributed by atoms with E-state index in [4.69, 9.17) is 0 Å². The molecule has 0 aromatic rings. The predicted molar refractivity (Wildman–Crippen MR) is 118 cm³/mol. The maximum atomic E-state index is 2.75. The fraction of sp³-hybridized carbons (Fsp3) is 1.00. The van der Waals surface area contributed by atoms with Crippen molar-refractivity contribution >= 4 is 0 Å². The molecular weight excluding hydrogens is 324 g/mol. The van der Waals surface area contributed by atoms with Crippen LogP contribution < -0.4 is 0 Å². The lowest BCUT2D eigenvalue weighted by Gasteiger charge is -2.61. The quantitative estimate of drug-likeness (QED) is 0.453. The summed E-state index contributed by atoms with van der Waals surface area (Å²) < 4.78 is 0. The zero-order chi connectivity index (χ0) is 19.2. The molecule has 0 aromatic heterocycles. The normalized spacial score (nSPS) is 48.0. The number of hydrogen-bond acceptors (Lipinski definition) is 0. The van der Waals surface area contributed by atoms with Gasteiger partial charge in [0.15, 0.2) is 0 Å². The summed E-state index contributed by atoms with van der Waals surface area (Å²) >= 11 is 0. The minimum atomic E-state index is 0.677. The Bertz CT molecular complexity index is 506. The van der Waals surface area contributed by atoms with Crippen LogP contribution in [0.15, 0.2) is 0 Å². The Morgan fingerprint density at radius 2 is 1.52 bits per heavy atom. The SMILES string of the molecule is CC(C)CCC[C@H](C)[C@H]1CC[C@@H]2[C@H]3CC[C@H]4CCCC[C@]4(C)[C@@H]3CC[C@@]21C. The van der Waals surface area contributed by atoms with E-state index < -0.39 is 0 Å². The molecule has 4 saturated carbocycles. The summed E-state index contributed by atoms with van der Waals surface area (Å²) in [5, 5.41) is 0. The molecule has 8 atom stereocenters. The molecule has 4 aliphatic carbocycles. The minimum Gasteiger partial charge on any atom is -0.0628 e. The van der Waals surface area contributed by atoms with Crippen molar-refractivity contribution in [3.63, 3.8) is 0 Å². The molecule has 0 aromatic carbocycles. The zero-order valence-corrected chi connectivity index (χ0v) is 19.2. The molecule has 0 nitrogen and oxygen atoms in total. The summed E-state index contributed by atoms with van der Waals surface area (Å²) in [5.41, 5.74) is 1.39. The van der Waals surface area contributed by atoms with Crippen LogP contribution in [-0.2, 0) is 0 Å². The third-order valence-corrected chi connectivity index (χ3v) is 10.8. The Kier molecular flexibility index (Phi) is 5.77. The van der Waals surface area contributed by atoms with E-state index in [0.717, 1.165) is 41.4 Å². The molecule has 0 spiro atoms. The molecule has 4 fully saturated rings. The highest BCUT2D eigenvalue weighted by Gasteiger charge is 2.59. The van der Waals surface area contributed by atoms with E-state index in [9.17, 15) is 0 Å². The third kappa shape index (κ3) is 3.44. The Labute approximate surface area is 170 Å². The van der Waals surface area contributed by atoms with Gasteiger partial charge in [-0.25, -0.2) is 0 Å². The van der Waals surface area contributed by atoms with Gasteiger partial charge in [-0.1, -0.05) is 66.7 Å². The summed E-state index contributed by atoms with van der Waals surface area (Å²) in [7, 11) is 0. The summed E-state index contributed by atoms with van der Waals surface area (Å²) in [4.78, 5) is 0. The Hall–Kier alpha value is 0. The van der Waals surface area contributed by atoms with Crippen LogP contribution >= 0.6 is 0 Å². The second-order valence-corrected chi connectivity index (χ2v) is 12.4. The van der Waals surface area contributed by atoms with Crippen LogP contribution in [0, 0.1) is 52.3 Å². The van der Waals surface area contributed by atoms with Crippen molar-refractivity contribution in [3.05, 3.63) is 0 Å². The molecule has 0 aliphatic heterocycles. The van der Waals surface area contributed by atoms with Crippen LogP contribution in [-0.4, -0.2) is 0 Å². The van der Waals surface area contributed by atoms with E-state index in [1.165, 1.54) is 32.1 Å². The average molecular weight is 373 g/mol. The maximum absolute atomic E-state index is 2.75. The van der Waals surface area contributed by atoms with Gasteiger partial charge in [-0.05, 0) is 104 Å². The molecule has 0 bridgehead atoms. The van der Waals surface area contributed by atoms with E-state index in [1.54, 1.807) is 51.4 Å². The lowest BCUT2D eigenvalue weighted by Crippen LogP contribution is -2.53. The molecule has 4 rings (SSSR count). The molecule has 156 valence electrons. The number of fused-ring (bicyclic) bond motifs is 5. The first-order chi connectivity index (χ1) is 12.9. The molecule has 4 aliphatic rings. The van der Waals surface area contributed by atoms with Gasteiger partial charge in [-0.2, -0.15) is 0 Å². The van der Waals surface area contributed by atoms with Crippen molar-refractivity contribution in [2.45, 2.75) is 118 Å². The van der Waals surface area contributed by atoms with E-state index in [0.29, 0.717) is 10.8 Å². The van der Waals surface area contributed by atoms with Gasteiger partial charge in [0.05, 0.1) is 0 Å². The van der Waals surface area contributed by atoms with Crippen LogP contribution in [0.2, 0.25) is 0 Å². The predicted octanol–water partition coefficient (Wildman–Crippen LogP) is 8.50. The highest BCUT2D eigenvalue weighted by Crippen LogP contribution is 2.68. The Balaban J connectivity index is 1.46. The van der Waals surface area contributed by atoms with Crippen LogP contribution in [0.25, 0.3) is 0 Å². The van der Waals surface area contributed by atoms with Crippen LogP contribution in [0.5, 0.6) is 0 Å². The monoisotopic (exact) mass is 372 g/mol. The van der Waals surface area contributed by atoms with Crippen molar-refractivity contribution in [2.24, 2.45) is 52.3 Å². The van der Waals surface area contributed by atoms with Crippen LogP contribution in [0.1, 0.15) is 118 Å². The standard InChI is InChI=1S/C27H48/c1-19(2)9-8-10-20(3)23-14-15-24-22-13-12-21-11-6-7-17-26(21,4)25(22)16-18-27(23,24)5/h19-25H,6-18H2,1-5H3/t20-,21+,22+,23+,24+,25+,26-,27+/m0/s1. The molecule has 0 amide bonds. The van der Waals surface area contributed by atoms with Crippen molar-refractivity contribution in [2.75, 3.05) is 0 Å². The highest BCUT2D eigenvalue weighted by atomic mass is 14.6. The molecule has 27 heavy (non-hydrogen) atoms. The van der Waals surface area contributed by atoms with E-state index in [-0.39, 0.29) is 0 Å². The smallest absolute Gasteiger partial charge is 0.0264 e. The van der Waals surface area contributed by atoms with Crippen molar-refractivity contribution in [3.8, 4) is 0 Å². The van der Waals surface area contributed by atoms with E-state index in [2.05, 4.69) is 34.6 Å². The minimum absolute atomic E-state index is 0.677. The number of hydrogen-bond donors (Lipinski definition) is 0. The lowest BCUT2D eigenvalue weighted by atomic mass is 9.44. The van der Waals surface area contributed by atoms with Gasteiger partial charge in [0, 0.05) is 0 Å². The van der Waals surface area contributed by atoms with Gasteiger partial charge in [-0.15, -0.1) is 0 Å². The van der Waals surface area contributed by atoms with Crippen LogP contribution in [0.4, 0.5) is 0 Å². The molecule has 0 heteroatoms. The molecule has 0 heterocycles. The first-order valence-corrected chi connectivity index (χ1v) is 12.9. The fourth-order valence-electron chi connectivity index (χ4n) is 9.32. The lowest BCUT2D eigenvalue weighted by molar-refractivity contribution is -0.114. The van der Waals surface area contributed by atoms with Gasteiger partial charge in [0.1, 0.15) is 0 Å². The van der Waals surface area contributed by atoms with Gasteiger partial charge in [-0.3, -0.25) is 0 Å². The maximum Gasteiger partial charge on any atom is -0.0264 e. The van der Waals surface area contributed by atoms with Gasteiger partial charge in [0.2, 0.25) is 0 Å². The van der Waals surface area contributed by atoms with Gasteiger partial charge < -0.3 is 0 Å². The summed E-state index contributed by atoms with van der Waals surface area (Å²) in [6.07, 6.45) is 19.9. The highest BCUT2D eigenvalue weighted by molar-refractivity contribution is 5.09. The van der Waals surface area contributed by atoms with Gasteiger partial charge >= 0.3 is 0 Å². The molecule has 0 N–H and O–H groups in total. The summed E-state index contributed by atoms with van der Waals surface area (Å²) in [6, 6.07) is 0. The number of rotatable bonds is 5. The third-order valence-electron chi connectivity index (χ3n) is 10.8. The first kappa shape index (κ1) is 20.3. The van der Waals surface area contributed by atoms with E-state index in [1.807, 2.05) is 0 Å². The van der Waals surface area contributed by atoms with E-state index >= 15 is 0 Å². The molecule has 0 saturated heterocycles. The molecule has 0 radical (unpaired) electrons. The zero-order valence-electron chi connectivity index (χ0n) is 19.2. The van der Waals surface area contributed by atoms with Crippen LogP contribution in [0.3, 0.4) is 0 Å². The fourth-order valence-corrected chi connectivity index (χ4v) is 9.32. The molecular formula is C27H48. The second kappa shape index (κ2) is 7.68. The second-order valence-electron chi connectivity index (χ2n) is 12.4. The van der Waals surface area contributed by atoms with Crippen molar-refractivity contribution < 1.29 is 0 Å². The van der Waals surface area contributed by atoms with Crippen molar-refractivity contribution in [1.82, 2.24) is 0 Å². The summed E-state index contributed by atoms with van der Waals surface area (Å²) in [6.45, 7) is 12.9. The molecule has 0 unspecified atom stereocenters. The topological polar surface area (TPSA) is 0 Å². The Morgan fingerprint density at radius 3 is 2.30 bits per heavy atom. The van der Waals surface area contributed by atoms with Crippen molar-refractivity contribution in [1.29, 1.82) is 0 Å². The first-order valence-electron chi connectivity index (χ1n) is 12.9. The Morgan fingerprint density at radius 1 is 0.741 bits per heavy atom. The van der Waals surface area contributed by atoms with Gasteiger partial charge in [0.25, 0.3) is 0 Å². The summed E-state index contributed by atoms with van der Waals surface area (Å²) in [5.74, 6) is 7.15.